The average molecular weight is 123 g/mol. The minimum absolute atomic E-state index is 0.0517. The minimum atomic E-state index is -2.01. The molecule has 0 aromatic rings. The van der Waals surface area contributed by atoms with Gasteiger partial charge in [0.1, 0.15) is 0 Å². The van der Waals surface area contributed by atoms with Crippen molar-refractivity contribution in [3.05, 3.63) is 0 Å². The fraction of sp³-hybridized carbons (Fsp3) is 1.00. The molecule has 0 aromatic heterocycles. The Balaban J connectivity index is 2.72. The lowest BCUT2D eigenvalue weighted by Gasteiger charge is -1.93. The SMILES string of the molecule is [O]C(F)CCCCF. The van der Waals surface area contributed by atoms with Crippen LogP contribution >= 0.6 is 0 Å². The third kappa shape index (κ3) is 5.82. The van der Waals surface area contributed by atoms with Crippen molar-refractivity contribution in [2.75, 3.05) is 6.67 Å². The largest absolute Gasteiger partial charge is 0.251 e. The van der Waals surface area contributed by atoms with Gasteiger partial charge >= 0.3 is 0 Å². The summed E-state index contributed by atoms with van der Waals surface area (Å²) in [6, 6.07) is 0. The Labute approximate surface area is 47.3 Å². The van der Waals surface area contributed by atoms with Crippen LogP contribution in [0.1, 0.15) is 19.3 Å². The summed E-state index contributed by atoms with van der Waals surface area (Å²) >= 11 is 0. The molecular weight excluding hydrogens is 114 g/mol. The van der Waals surface area contributed by atoms with Crippen LogP contribution < -0.4 is 0 Å². The van der Waals surface area contributed by atoms with Crippen LogP contribution in [0.5, 0.6) is 0 Å². The van der Waals surface area contributed by atoms with E-state index in [4.69, 9.17) is 0 Å². The van der Waals surface area contributed by atoms with Crippen molar-refractivity contribution >= 4 is 0 Å². The third-order valence-electron chi connectivity index (χ3n) is 0.815. The molecular formula is C5H9F2O. The summed E-state index contributed by atoms with van der Waals surface area (Å²) in [5.41, 5.74) is 0. The van der Waals surface area contributed by atoms with Gasteiger partial charge < -0.3 is 0 Å². The molecule has 0 spiro atoms. The van der Waals surface area contributed by atoms with Gasteiger partial charge in [-0.15, -0.1) is 0 Å². The van der Waals surface area contributed by atoms with E-state index in [1.54, 1.807) is 0 Å². The summed E-state index contributed by atoms with van der Waals surface area (Å²) in [7, 11) is 0. The van der Waals surface area contributed by atoms with Crippen molar-refractivity contribution in [3.63, 3.8) is 0 Å². The highest BCUT2D eigenvalue weighted by Crippen LogP contribution is 2.01. The predicted molar refractivity (Wildman–Crippen MR) is 25.4 cm³/mol. The Bertz CT molecular complexity index is 47.7. The predicted octanol–water partition coefficient (Wildman–Crippen LogP) is 1.85. The van der Waals surface area contributed by atoms with Crippen LogP contribution in [0.4, 0.5) is 8.78 Å². The Hall–Kier alpha value is -0.180. The molecule has 0 aliphatic rings. The van der Waals surface area contributed by atoms with Crippen molar-refractivity contribution in [1.29, 1.82) is 0 Å². The maximum atomic E-state index is 11.3. The quantitative estimate of drug-likeness (QED) is 0.508. The van der Waals surface area contributed by atoms with Gasteiger partial charge in [-0.2, -0.15) is 5.11 Å². The molecule has 0 saturated heterocycles. The lowest BCUT2D eigenvalue weighted by atomic mass is 10.2. The fourth-order valence-electron chi connectivity index (χ4n) is 0.399. The smallest absolute Gasteiger partial charge is 0.231 e. The number of hydrogen-bond donors (Lipinski definition) is 0. The molecule has 1 nitrogen and oxygen atoms in total. The number of alkyl halides is 2. The highest BCUT2D eigenvalue weighted by molar-refractivity contribution is 4.40. The van der Waals surface area contributed by atoms with Crippen LogP contribution in [-0.4, -0.2) is 13.0 Å². The maximum absolute atomic E-state index is 11.3. The molecule has 0 saturated carbocycles. The molecule has 0 aliphatic carbocycles. The van der Waals surface area contributed by atoms with E-state index in [0.717, 1.165) is 0 Å². The standard InChI is InChI=1S/C5H9F2O/c6-4-2-1-3-5(7)8/h5H,1-4H2. The van der Waals surface area contributed by atoms with E-state index in [-0.39, 0.29) is 6.42 Å². The first kappa shape index (κ1) is 7.82. The van der Waals surface area contributed by atoms with Gasteiger partial charge in [-0.25, -0.2) is 4.39 Å². The second-order valence-corrected chi connectivity index (χ2v) is 1.59. The molecule has 1 unspecified atom stereocenters. The Morgan fingerprint density at radius 3 is 2.38 bits per heavy atom. The zero-order valence-electron chi connectivity index (χ0n) is 4.57. The fourth-order valence-corrected chi connectivity index (χ4v) is 0.399. The first-order chi connectivity index (χ1) is 3.77. The molecule has 8 heavy (non-hydrogen) atoms. The molecule has 49 valence electrons. The molecule has 0 amide bonds. The van der Waals surface area contributed by atoms with Crippen LogP contribution in [-0.2, 0) is 5.11 Å². The summed E-state index contributed by atoms with van der Waals surface area (Å²) in [5.74, 6) is 0. The zero-order chi connectivity index (χ0) is 6.41. The lowest BCUT2D eigenvalue weighted by Crippen LogP contribution is -1.93. The molecule has 1 radical (unpaired) electrons. The normalized spacial score (nSPS) is 13.9. The van der Waals surface area contributed by atoms with E-state index in [1.165, 1.54) is 0 Å². The summed E-state index contributed by atoms with van der Waals surface area (Å²) < 4.78 is 22.6. The molecule has 0 bridgehead atoms. The highest BCUT2D eigenvalue weighted by atomic mass is 19.1. The van der Waals surface area contributed by atoms with Crippen molar-refractivity contribution < 1.29 is 13.9 Å². The van der Waals surface area contributed by atoms with E-state index >= 15 is 0 Å². The van der Waals surface area contributed by atoms with Gasteiger partial charge in [0.15, 0.2) is 0 Å². The van der Waals surface area contributed by atoms with Gasteiger partial charge in [0.2, 0.25) is 6.36 Å². The van der Waals surface area contributed by atoms with Crippen LogP contribution in [0.15, 0.2) is 0 Å². The Morgan fingerprint density at radius 2 is 2.00 bits per heavy atom. The first-order valence-electron chi connectivity index (χ1n) is 2.63. The van der Waals surface area contributed by atoms with Gasteiger partial charge in [-0.3, -0.25) is 4.39 Å². The minimum Gasteiger partial charge on any atom is -0.251 e. The van der Waals surface area contributed by atoms with Gasteiger partial charge in [-0.1, -0.05) is 0 Å². The Kier molecular flexibility index (Phi) is 4.85. The van der Waals surface area contributed by atoms with Crippen LogP contribution in [0, 0.1) is 0 Å². The first-order valence-corrected chi connectivity index (χ1v) is 2.63. The van der Waals surface area contributed by atoms with Crippen molar-refractivity contribution in [2.24, 2.45) is 0 Å². The molecule has 3 heteroatoms. The topological polar surface area (TPSA) is 19.9 Å². The number of hydrogen-bond acceptors (Lipinski definition) is 0. The van der Waals surface area contributed by atoms with Gasteiger partial charge in [0, 0.05) is 6.42 Å². The summed E-state index contributed by atoms with van der Waals surface area (Å²) in [4.78, 5) is 0. The van der Waals surface area contributed by atoms with E-state index in [0.29, 0.717) is 12.8 Å². The van der Waals surface area contributed by atoms with E-state index < -0.39 is 13.0 Å². The second kappa shape index (κ2) is 4.97. The molecule has 0 N–H and O–H groups in total. The Morgan fingerprint density at radius 1 is 1.38 bits per heavy atom. The maximum Gasteiger partial charge on any atom is 0.231 e. The van der Waals surface area contributed by atoms with Crippen LogP contribution in [0.3, 0.4) is 0 Å². The number of rotatable bonds is 4. The monoisotopic (exact) mass is 123 g/mol. The lowest BCUT2D eigenvalue weighted by molar-refractivity contribution is -0.0297. The van der Waals surface area contributed by atoms with E-state index in [2.05, 4.69) is 0 Å². The van der Waals surface area contributed by atoms with E-state index in [9.17, 15) is 13.9 Å². The van der Waals surface area contributed by atoms with Gasteiger partial charge in [0.05, 0.1) is 6.67 Å². The number of unbranched alkanes of at least 4 members (excludes halogenated alkanes) is 1. The average Bonchev–Trinajstić information content (AvgIpc) is 1.66. The molecule has 0 rings (SSSR count). The molecule has 0 aliphatic heterocycles. The molecule has 1 atom stereocenters. The molecule has 0 heterocycles. The van der Waals surface area contributed by atoms with Crippen molar-refractivity contribution in [2.45, 2.75) is 25.6 Å². The highest BCUT2D eigenvalue weighted by Gasteiger charge is 1.99. The molecule has 0 fully saturated rings. The van der Waals surface area contributed by atoms with Gasteiger partial charge in [-0.05, 0) is 12.8 Å². The van der Waals surface area contributed by atoms with Crippen LogP contribution in [0.2, 0.25) is 0 Å². The van der Waals surface area contributed by atoms with Crippen LogP contribution in [0.25, 0.3) is 0 Å². The summed E-state index contributed by atoms with van der Waals surface area (Å²) in [5, 5.41) is 9.61. The van der Waals surface area contributed by atoms with E-state index in [1.807, 2.05) is 0 Å². The second-order valence-electron chi connectivity index (χ2n) is 1.59. The molecule has 0 aromatic carbocycles. The zero-order valence-corrected chi connectivity index (χ0v) is 4.57. The van der Waals surface area contributed by atoms with Crippen molar-refractivity contribution in [3.8, 4) is 0 Å². The van der Waals surface area contributed by atoms with Gasteiger partial charge in [0.25, 0.3) is 0 Å². The summed E-state index contributed by atoms with van der Waals surface area (Å²) in [6.07, 6.45) is -1.39. The third-order valence-corrected chi connectivity index (χ3v) is 0.815. The summed E-state index contributed by atoms with van der Waals surface area (Å²) in [6.45, 7) is -0.452. The number of halogens is 2. The van der Waals surface area contributed by atoms with Crippen molar-refractivity contribution in [1.82, 2.24) is 0 Å².